The van der Waals surface area contributed by atoms with Crippen molar-refractivity contribution in [1.29, 1.82) is 0 Å². The Bertz CT molecular complexity index is 1000. The van der Waals surface area contributed by atoms with Crippen molar-refractivity contribution in [3.8, 4) is 5.69 Å². The molecule has 0 spiro atoms. The molecule has 1 aromatic carbocycles. The van der Waals surface area contributed by atoms with Crippen molar-refractivity contribution in [3.05, 3.63) is 64.7 Å². The van der Waals surface area contributed by atoms with Crippen LogP contribution in [0.3, 0.4) is 0 Å². The predicted octanol–water partition coefficient (Wildman–Crippen LogP) is 3.58. The SMILES string of the molecule is Cc1ccn(CCC(=O)N[C@@H]2CCCc3c2cnn3-c2cccc(C)c2C)n1. The average Bonchev–Trinajstić information content (AvgIpc) is 3.29. The zero-order chi connectivity index (χ0) is 19.7. The van der Waals surface area contributed by atoms with Crippen molar-refractivity contribution < 1.29 is 4.79 Å². The smallest absolute Gasteiger partial charge is 0.222 e. The van der Waals surface area contributed by atoms with Gasteiger partial charge in [0.15, 0.2) is 0 Å². The monoisotopic (exact) mass is 377 g/mol. The van der Waals surface area contributed by atoms with Crippen LogP contribution < -0.4 is 5.32 Å². The summed E-state index contributed by atoms with van der Waals surface area (Å²) in [4.78, 5) is 12.5. The highest BCUT2D eigenvalue weighted by Gasteiger charge is 2.26. The normalized spacial score (nSPS) is 16.0. The Morgan fingerprint density at radius 1 is 1.25 bits per heavy atom. The Morgan fingerprint density at radius 3 is 2.89 bits per heavy atom. The number of hydrogen-bond acceptors (Lipinski definition) is 3. The molecule has 0 fully saturated rings. The highest BCUT2D eigenvalue weighted by Crippen LogP contribution is 2.32. The van der Waals surface area contributed by atoms with Crippen LogP contribution in [-0.2, 0) is 17.8 Å². The van der Waals surface area contributed by atoms with E-state index < -0.39 is 0 Å². The average molecular weight is 377 g/mol. The van der Waals surface area contributed by atoms with Gasteiger partial charge >= 0.3 is 0 Å². The van der Waals surface area contributed by atoms with Gasteiger partial charge in [-0.05, 0) is 63.3 Å². The molecule has 6 heteroatoms. The quantitative estimate of drug-likeness (QED) is 0.739. The maximum absolute atomic E-state index is 12.5. The summed E-state index contributed by atoms with van der Waals surface area (Å²) in [6, 6.07) is 8.30. The number of aromatic nitrogens is 4. The maximum atomic E-state index is 12.5. The number of carbonyl (C=O) groups excluding carboxylic acids is 1. The summed E-state index contributed by atoms with van der Waals surface area (Å²) >= 11 is 0. The lowest BCUT2D eigenvalue weighted by molar-refractivity contribution is -0.122. The van der Waals surface area contributed by atoms with Crippen LogP contribution >= 0.6 is 0 Å². The van der Waals surface area contributed by atoms with Crippen molar-refractivity contribution in [2.45, 2.75) is 59.0 Å². The van der Waals surface area contributed by atoms with Crippen LogP contribution in [0.5, 0.6) is 0 Å². The van der Waals surface area contributed by atoms with Crippen LogP contribution in [0.25, 0.3) is 5.69 Å². The third-order valence-electron chi connectivity index (χ3n) is 5.66. The van der Waals surface area contributed by atoms with Crippen molar-refractivity contribution in [3.63, 3.8) is 0 Å². The van der Waals surface area contributed by atoms with E-state index in [-0.39, 0.29) is 11.9 Å². The van der Waals surface area contributed by atoms with Gasteiger partial charge in [-0.3, -0.25) is 9.48 Å². The molecule has 1 atom stereocenters. The Balaban J connectivity index is 1.49. The van der Waals surface area contributed by atoms with E-state index >= 15 is 0 Å². The van der Waals surface area contributed by atoms with Gasteiger partial charge in [0.2, 0.25) is 5.91 Å². The molecule has 4 rings (SSSR count). The Morgan fingerprint density at radius 2 is 2.11 bits per heavy atom. The molecule has 0 bridgehead atoms. The lowest BCUT2D eigenvalue weighted by atomic mass is 9.92. The number of carbonyl (C=O) groups is 1. The van der Waals surface area contributed by atoms with Crippen LogP contribution in [-0.4, -0.2) is 25.5 Å². The minimum absolute atomic E-state index is 0.0365. The largest absolute Gasteiger partial charge is 0.349 e. The molecule has 0 radical (unpaired) electrons. The standard InChI is InChI=1S/C22H27N5O/c1-15-6-4-8-20(17(15)3)27-21-9-5-7-19(18(21)14-23-27)24-22(28)11-13-26-12-10-16(2)25-26/h4,6,8,10,12,14,19H,5,7,9,11,13H2,1-3H3,(H,24,28)/t19-/m1/s1. The van der Waals surface area contributed by atoms with E-state index in [0.717, 1.165) is 36.2 Å². The summed E-state index contributed by atoms with van der Waals surface area (Å²) in [6.07, 6.45) is 7.26. The molecule has 2 heterocycles. The summed E-state index contributed by atoms with van der Waals surface area (Å²) in [5, 5.41) is 12.2. The van der Waals surface area contributed by atoms with Gasteiger partial charge in [-0.2, -0.15) is 10.2 Å². The summed E-state index contributed by atoms with van der Waals surface area (Å²) in [5.74, 6) is 0.0606. The number of fused-ring (bicyclic) bond motifs is 1. The lowest BCUT2D eigenvalue weighted by Gasteiger charge is -2.24. The molecular weight excluding hydrogens is 350 g/mol. The fourth-order valence-corrected chi connectivity index (χ4v) is 3.95. The maximum Gasteiger partial charge on any atom is 0.222 e. The van der Waals surface area contributed by atoms with Crippen LogP contribution in [0.4, 0.5) is 0 Å². The van der Waals surface area contributed by atoms with E-state index in [1.165, 1.54) is 16.8 Å². The van der Waals surface area contributed by atoms with Gasteiger partial charge in [0.05, 0.1) is 23.6 Å². The van der Waals surface area contributed by atoms with Gasteiger partial charge in [-0.15, -0.1) is 0 Å². The Labute approximate surface area is 165 Å². The number of aryl methyl sites for hydroxylation is 3. The Hall–Kier alpha value is -2.89. The molecule has 0 saturated carbocycles. The minimum atomic E-state index is 0.0365. The number of nitrogens with one attached hydrogen (secondary N) is 1. The number of amides is 1. The second-order valence-electron chi connectivity index (χ2n) is 7.66. The fourth-order valence-electron chi connectivity index (χ4n) is 3.95. The third-order valence-corrected chi connectivity index (χ3v) is 5.66. The molecule has 2 aromatic heterocycles. The van der Waals surface area contributed by atoms with E-state index in [0.29, 0.717) is 13.0 Å². The number of nitrogens with zero attached hydrogens (tertiary/aromatic N) is 4. The van der Waals surface area contributed by atoms with Crippen LogP contribution in [0.1, 0.15) is 53.4 Å². The first-order valence-corrected chi connectivity index (χ1v) is 9.95. The van der Waals surface area contributed by atoms with E-state index in [1.54, 1.807) is 0 Å². The molecule has 0 unspecified atom stereocenters. The minimum Gasteiger partial charge on any atom is -0.349 e. The van der Waals surface area contributed by atoms with Crippen molar-refractivity contribution in [1.82, 2.24) is 24.9 Å². The molecule has 3 aromatic rings. The molecule has 1 aliphatic carbocycles. The molecule has 1 N–H and O–H groups in total. The second-order valence-corrected chi connectivity index (χ2v) is 7.66. The predicted molar refractivity (Wildman–Crippen MR) is 108 cm³/mol. The number of rotatable bonds is 5. The first-order chi connectivity index (χ1) is 13.5. The number of benzene rings is 1. The molecular formula is C22H27N5O. The van der Waals surface area contributed by atoms with Crippen LogP contribution in [0, 0.1) is 20.8 Å². The summed E-state index contributed by atoms with van der Waals surface area (Å²) in [6.45, 7) is 6.81. The Kier molecular flexibility index (Phi) is 5.03. The molecule has 6 nitrogen and oxygen atoms in total. The van der Waals surface area contributed by atoms with Gasteiger partial charge in [-0.1, -0.05) is 12.1 Å². The van der Waals surface area contributed by atoms with Gasteiger partial charge < -0.3 is 5.32 Å². The van der Waals surface area contributed by atoms with Gasteiger partial charge in [0, 0.05) is 30.4 Å². The zero-order valence-corrected chi connectivity index (χ0v) is 16.8. The van der Waals surface area contributed by atoms with Gasteiger partial charge in [0.1, 0.15) is 0 Å². The molecule has 1 amide bonds. The van der Waals surface area contributed by atoms with Crippen LogP contribution in [0.15, 0.2) is 36.7 Å². The summed E-state index contributed by atoms with van der Waals surface area (Å²) < 4.78 is 3.88. The highest BCUT2D eigenvalue weighted by molar-refractivity contribution is 5.76. The van der Waals surface area contributed by atoms with E-state index in [2.05, 4.69) is 52.2 Å². The van der Waals surface area contributed by atoms with E-state index in [9.17, 15) is 4.79 Å². The summed E-state index contributed by atoms with van der Waals surface area (Å²) in [7, 11) is 0. The van der Waals surface area contributed by atoms with Crippen molar-refractivity contribution in [2.24, 2.45) is 0 Å². The van der Waals surface area contributed by atoms with Crippen molar-refractivity contribution in [2.75, 3.05) is 0 Å². The fraction of sp³-hybridized carbons (Fsp3) is 0.409. The van der Waals surface area contributed by atoms with Gasteiger partial charge in [0.25, 0.3) is 0 Å². The first-order valence-electron chi connectivity index (χ1n) is 9.95. The molecule has 0 aliphatic heterocycles. The third kappa shape index (κ3) is 3.59. The first kappa shape index (κ1) is 18.5. The molecule has 0 saturated heterocycles. The van der Waals surface area contributed by atoms with Crippen molar-refractivity contribution >= 4 is 5.91 Å². The molecule has 28 heavy (non-hydrogen) atoms. The van der Waals surface area contributed by atoms with Crippen LogP contribution in [0.2, 0.25) is 0 Å². The topological polar surface area (TPSA) is 64.7 Å². The molecule has 1 aliphatic rings. The molecule has 146 valence electrons. The zero-order valence-electron chi connectivity index (χ0n) is 16.8. The number of hydrogen-bond donors (Lipinski definition) is 1. The van der Waals surface area contributed by atoms with Gasteiger partial charge in [-0.25, -0.2) is 4.68 Å². The summed E-state index contributed by atoms with van der Waals surface area (Å²) in [5.41, 5.74) is 6.97. The van der Waals surface area contributed by atoms with E-state index in [1.807, 2.05) is 30.1 Å². The second kappa shape index (κ2) is 7.62. The lowest BCUT2D eigenvalue weighted by Crippen LogP contribution is -2.31. The highest BCUT2D eigenvalue weighted by atomic mass is 16.1. The van der Waals surface area contributed by atoms with E-state index in [4.69, 9.17) is 0 Å².